The van der Waals surface area contributed by atoms with Gasteiger partial charge in [0.25, 0.3) is 0 Å². The van der Waals surface area contributed by atoms with Crippen LogP contribution in [-0.4, -0.2) is 11.5 Å². The number of benzene rings is 1. The molecule has 0 aliphatic rings. The second-order valence-electron chi connectivity index (χ2n) is 4.29. The standard InChI is InChI=1S/C15H13N3S/c16-10-13-12-5-1-2-6-14(12)18-15(13)17-8-7-11-4-3-9-19-11/h1-6,9,17-18H,7-8H2. The molecule has 1 aromatic carbocycles. The molecular weight excluding hydrogens is 254 g/mol. The largest absolute Gasteiger partial charge is 0.370 e. The molecule has 2 aromatic heterocycles. The van der Waals surface area contributed by atoms with Crippen molar-refractivity contribution in [2.45, 2.75) is 6.42 Å². The number of aromatic nitrogens is 1. The molecule has 0 unspecified atom stereocenters. The van der Waals surface area contributed by atoms with E-state index in [1.165, 1.54) is 4.88 Å². The maximum Gasteiger partial charge on any atom is 0.122 e. The molecule has 2 heterocycles. The van der Waals surface area contributed by atoms with Crippen molar-refractivity contribution < 1.29 is 0 Å². The molecule has 0 saturated carbocycles. The van der Waals surface area contributed by atoms with E-state index in [0.29, 0.717) is 5.56 Å². The zero-order valence-electron chi connectivity index (χ0n) is 10.3. The van der Waals surface area contributed by atoms with Crippen LogP contribution in [0.2, 0.25) is 0 Å². The Morgan fingerprint density at radius 3 is 2.89 bits per heavy atom. The first-order chi connectivity index (χ1) is 9.38. The molecule has 19 heavy (non-hydrogen) atoms. The molecule has 3 nitrogen and oxygen atoms in total. The molecule has 0 spiro atoms. The Labute approximate surface area is 115 Å². The summed E-state index contributed by atoms with van der Waals surface area (Å²) in [4.78, 5) is 4.61. The lowest BCUT2D eigenvalue weighted by molar-refractivity contribution is 1.03. The van der Waals surface area contributed by atoms with Gasteiger partial charge < -0.3 is 10.3 Å². The molecule has 3 aromatic rings. The van der Waals surface area contributed by atoms with Crippen molar-refractivity contribution in [2.75, 3.05) is 11.9 Å². The van der Waals surface area contributed by atoms with Crippen LogP contribution in [0.25, 0.3) is 10.9 Å². The minimum Gasteiger partial charge on any atom is -0.370 e. The van der Waals surface area contributed by atoms with Crippen molar-refractivity contribution in [3.63, 3.8) is 0 Å². The maximum absolute atomic E-state index is 9.28. The number of nitrogens with one attached hydrogen (secondary N) is 2. The average Bonchev–Trinajstić information content (AvgIpc) is 3.05. The van der Waals surface area contributed by atoms with E-state index >= 15 is 0 Å². The van der Waals surface area contributed by atoms with Gasteiger partial charge in [0.15, 0.2) is 0 Å². The Kier molecular flexibility index (Phi) is 3.21. The Morgan fingerprint density at radius 2 is 2.11 bits per heavy atom. The summed E-state index contributed by atoms with van der Waals surface area (Å²) in [5.74, 6) is 0.820. The number of para-hydroxylation sites is 1. The van der Waals surface area contributed by atoms with Crippen LogP contribution in [-0.2, 0) is 6.42 Å². The molecule has 0 atom stereocenters. The van der Waals surface area contributed by atoms with Gasteiger partial charge in [-0.25, -0.2) is 0 Å². The number of H-pyrrole nitrogens is 1. The highest BCUT2D eigenvalue weighted by Crippen LogP contribution is 2.25. The molecule has 0 aliphatic carbocycles. The zero-order valence-corrected chi connectivity index (χ0v) is 11.1. The van der Waals surface area contributed by atoms with E-state index < -0.39 is 0 Å². The van der Waals surface area contributed by atoms with Crippen LogP contribution >= 0.6 is 11.3 Å². The van der Waals surface area contributed by atoms with E-state index in [9.17, 15) is 5.26 Å². The topological polar surface area (TPSA) is 51.6 Å². The van der Waals surface area contributed by atoms with Gasteiger partial charge in [0.1, 0.15) is 17.5 Å². The number of nitrogens with zero attached hydrogens (tertiary/aromatic N) is 1. The fourth-order valence-electron chi connectivity index (χ4n) is 2.16. The number of rotatable bonds is 4. The first-order valence-corrected chi connectivity index (χ1v) is 7.03. The third kappa shape index (κ3) is 2.33. The molecule has 0 amide bonds. The van der Waals surface area contributed by atoms with E-state index in [1.807, 2.05) is 24.3 Å². The lowest BCUT2D eigenvalue weighted by Crippen LogP contribution is -2.05. The number of hydrogen-bond donors (Lipinski definition) is 2. The minimum atomic E-state index is 0.696. The molecule has 3 rings (SSSR count). The van der Waals surface area contributed by atoms with Gasteiger partial charge in [-0.2, -0.15) is 5.26 Å². The number of hydrogen-bond acceptors (Lipinski definition) is 3. The minimum absolute atomic E-state index is 0.696. The summed E-state index contributed by atoms with van der Waals surface area (Å²) in [6.45, 7) is 0.821. The van der Waals surface area contributed by atoms with Crippen LogP contribution < -0.4 is 5.32 Å². The summed E-state index contributed by atoms with van der Waals surface area (Å²) in [5, 5.41) is 15.7. The van der Waals surface area contributed by atoms with Gasteiger partial charge in [-0.3, -0.25) is 0 Å². The summed E-state index contributed by atoms with van der Waals surface area (Å²) in [7, 11) is 0. The first kappa shape index (κ1) is 11.8. The normalized spacial score (nSPS) is 10.5. The molecule has 94 valence electrons. The highest BCUT2D eigenvalue weighted by atomic mass is 32.1. The molecule has 0 saturated heterocycles. The second-order valence-corrected chi connectivity index (χ2v) is 5.32. The number of fused-ring (bicyclic) bond motifs is 1. The van der Waals surface area contributed by atoms with Gasteiger partial charge in [-0.15, -0.1) is 11.3 Å². The Hall–Kier alpha value is -2.25. The van der Waals surface area contributed by atoms with Crippen LogP contribution in [0.15, 0.2) is 41.8 Å². The van der Waals surface area contributed by atoms with E-state index in [2.05, 4.69) is 33.9 Å². The third-order valence-electron chi connectivity index (χ3n) is 3.07. The summed E-state index contributed by atoms with van der Waals surface area (Å²) >= 11 is 1.76. The van der Waals surface area contributed by atoms with Crippen LogP contribution in [0, 0.1) is 11.3 Å². The summed E-state index contributed by atoms with van der Waals surface area (Å²) < 4.78 is 0. The average molecular weight is 267 g/mol. The highest BCUT2D eigenvalue weighted by molar-refractivity contribution is 7.09. The molecule has 4 heteroatoms. The third-order valence-corrected chi connectivity index (χ3v) is 4.01. The second kappa shape index (κ2) is 5.17. The van der Waals surface area contributed by atoms with Crippen molar-refractivity contribution in [2.24, 2.45) is 0 Å². The van der Waals surface area contributed by atoms with E-state index in [4.69, 9.17) is 0 Å². The quantitative estimate of drug-likeness (QED) is 0.756. The first-order valence-electron chi connectivity index (χ1n) is 6.15. The Balaban J connectivity index is 1.79. The Bertz CT molecular complexity index is 720. The summed E-state index contributed by atoms with van der Waals surface area (Å²) in [5.41, 5.74) is 1.69. The number of aromatic amines is 1. The molecule has 2 N–H and O–H groups in total. The van der Waals surface area contributed by atoms with Gasteiger partial charge >= 0.3 is 0 Å². The number of nitriles is 1. The lowest BCUT2D eigenvalue weighted by Gasteiger charge is -2.03. The Morgan fingerprint density at radius 1 is 1.21 bits per heavy atom. The van der Waals surface area contributed by atoms with E-state index in [-0.39, 0.29) is 0 Å². The van der Waals surface area contributed by atoms with Crippen LogP contribution in [0.4, 0.5) is 5.82 Å². The molecular formula is C15H13N3S. The SMILES string of the molecule is N#Cc1c(NCCc2cccs2)[nH]c2ccccc12. The van der Waals surface area contributed by atoms with Crippen molar-refractivity contribution in [3.05, 3.63) is 52.2 Å². The van der Waals surface area contributed by atoms with Gasteiger partial charge in [0.05, 0.1) is 0 Å². The van der Waals surface area contributed by atoms with Gasteiger partial charge in [-0.05, 0) is 23.9 Å². The van der Waals surface area contributed by atoms with Crippen LogP contribution in [0.5, 0.6) is 0 Å². The van der Waals surface area contributed by atoms with Gasteiger partial charge in [-0.1, -0.05) is 24.3 Å². The summed E-state index contributed by atoms with van der Waals surface area (Å²) in [6, 6.07) is 14.3. The predicted molar refractivity (Wildman–Crippen MR) is 79.5 cm³/mol. The van der Waals surface area contributed by atoms with Crippen LogP contribution in [0.3, 0.4) is 0 Å². The molecule has 0 fully saturated rings. The van der Waals surface area contributed by atoms with Crippen molar-refractivity contribution >= 4 is 28.1 Å². The van der Waals surface area contributed by atoms with E-state index in [1.54, 1.807) is 11.3 Å². The lowest BCUT2D eigenvalue weighted by atomic mass is 10.2. The van der Waals surface area contributed by atoms with Crippen molar-refractivity contribution in [1.29, 1.82) is 5.26 Å². The van der Waals surface area contributed by atoms with Crippen molar-refractivity contribution in [3.8, 4) is 6.07 Å². The van der Waals surface area contributed by atoms with Crippen molar-refractivity contribution in [1.82, 2.24) is 4.98 Å². The molecule has 0 bridgehead atoms. The fraction of sp³-hybridized carbons (Fsp3) is 0.133. The molecule has 0 aliphatic heterocycles. The van der Waals surface area contributed by atoms with Gasteiger partial charge in [0.2, 0.25) is 0 Å². The van der Waals surface area contributed by atoms with Gasteiger partial charge in [0, 0.05) is 22.3 Å². The number of anilines is 1. The molecule has 0 radical (unpaired) electrons. The predicted octanol–water partition coefficient (Wildman–Crippen LogP) is 3.76. The number of thiophene rings is 1. The zero-order chi connectivity index (χ0) is 13.1. The monoisotopic (exact) mass is 267 g/mol. The summed E-state index contributed by atoms with van der Waals surface area (Å²) in [6.07, 6.45) is 0.970. The van der Waals surface area contributed by atoms with E-state index in [0.717, 1.165) is 29.7 Å². The van der Waals surface area contributed by atoms with Crippen LogP contribution in [0.1, 0.15) is 10.4 Å². The highest BCUT2D eigenvalue weighted by Gasteiger charge is 2.09. The fourth-order valence-corrected chi connectivity index (χ4v) is 2.87. The maximum atomic E-state index is 9.28. The smallest absolute Gasteiger partial charge is 0.122 e.